The minimum absolute atomic E-state index is 0.335. The summed E-state index contributed by atoms with van der Waals surface area (Å²) in [7, 11) is 0. The first-order valence-corrected chi connectivity index (χ1v) is 5.63. The van der Waals surface area contributed by atoms with Crippen molar-refractivity contribution in [1.82, 2.24) is 15.2 Å². The molecule has 3 rings (SSSR count). The van der Waals surface area contributed by atoms with Crippen LogP contribution in [0.1, 0.15) is 30.1 Å². The van der Waals surface area contributed by atoms with Crippen molar-refractivity contribution >= 4 is 5.69 Å². The molecular weight excluding hydrogens is 219 g/mol. The predicted molar refractivity (Wildman–Crippen MR) is 62.9 cm³/mol. The molecule has 0 aliphatic heterocycles. The Morgan fingerprint density at radius 1 is 1.41 bits per heavy atom. The van der Waals surface area contributed by atoms with Crippen molar-refractivity contribution in [2.75, 3.05) is 5.73 Å². The molecule has 1 aromatic carbocycles. The van der Waals surface area contributed by atoms with E-state index in [1.165, 1.54) is 6.07 Å². The van der Waals surface area contributed by atoms with E-state index < -0.39 is 0 Å². The molecule has 1 saturated carbocycles. The second kappa shape index (κ2) is 3.55. The Labute approximate surface area is 98.1 Å². The van der Waals surface area contributed by atoms with Crippen LogP contribution in [-0.4, -0.2) is 15.2 Å². The van der Waals surface area contributed by atoms with Gasteiger partial charge in [0.15, 0.2) is 5.82 Å². The van der Waals surface area contributed by atoms with E-state index in [-0.39, 0.29) is 5.82 Å². The Balaban J connectivity index is 2.04. The summed E-state index contributed by atoms with van der Waals surface area (Å²) in [6, 6.07) is 3.00. The summed E-state index contributed by atoms with van der Waals surface area (Å²) in [5, 5.41) is 6.91. The summed E-state index contributed by atoms with van der Waals surface area (Å²) in [6.07, 6.45) is 2.26. The number of H-pyrrole nitrogens is 1. The summed E-state index contributed by atoms with van der Waals surface area (Å²) < 4.78 is 13.8. The van der Waals surface area contributed by atoms with Crippen LogP contribution in [-0.2, 0) is 0 Å². The number of rotatable bonds is 2. The van der Waals surface area contributed by atoms with Gasteiger partial charge in [0.1, 0.15) is 11.6 Å². The van der Waals surface area contributed by atoms with E-state index in [0.717, 1.165) is 24.2 Å². The number of aromatic nitrogens is 3. The molecule has 0 atom stereocenters. The number of aromatic amines is 1. The molecule has 1 aromatic heterocycles. The van der Waals surface area contributed by atoms with Crippen LogP contribution < -0.4 is 5.73 Å². The highest BCUT2D eigenvalue weighted by Gasteiger charge is 2.27. The number of halogens is 1. The van der Waals surface area contributed by atoms with Crippen molar-refractivity contribution in [2.24, 2.45) is 0 Å². The number of anilines is 1. The van der Waals surface area contributed by atoms with Gasteiger partial charge in [-0.1, -0.05) is 0 Å². The van der Waals surface area contributed by atoms with Crippen molar-refractivity contribution in [3.8, 4) is 11.4 Å². The summed E-state index contributed by atoms with van der Waals surface area (Å²) in [5.74, 6) is 1.37. The fraction of sp³-hybridized carbons (Fsp3) is 0.333. The van der Waals surface area contributed by atoms with Gasteiger partial charge in [0.25, 0.3) is 0 Å². The average molecular weight is 232 g/mol. The smallest absolute Gasteiger partial charge is 0.184 e. The van der Waals surface area contributed by atoms with Crippen LogP contribution in [0.25, 0.3) is 11.4 Å². The van der Waals surface area contributed by atoms with E-state index in [1.54, 1.807) is 13.0 Å². The molecule has 88 valence electrons. The van der Waals surface area contributed by atoms with Gasteiger partial charge >= 0.3 is 0 Å². The third-order valence-corrected chi connectivity index (χ3v) is 3.06. The quantitative estimate of drug-likeness (QED) is 0.781. The number of hydrogen-bond acceptors (Lipinski definition) is 3. The Kier molecular flexibility index (Phi) is 2.14. The van der Waals surface area contributed by atoms with E-state index in [4.69, 9.17) is 5.73 Å². The Morgan fingerprint density at radius 3 is 2.88 bits per heavy atom. The number of nitrogens with zero attached hydrogens (tertiary/aromatic N) is 2. The number of benzene rings is 1. The zero-order valence-corrected chi connectivity index (χ0v) is 9.50. The average Bonchev–Trinajstić information content (AvgIpc) is 3.03. The highest BCUT2D eigenvalue weighted by atomic mass is 19.1. The van der Waals surface area contributed by atoms with E-state index in [1.807, 2.05) is 0 Å². The first-order chi connectivity index (χ1) is 8.15. The van der Waals surface area contributed by atoms with Gasteiger partial charge in [0, 0.05) is 11.6 Å². The molecule has 0 saturated heterocycles. The fourth-order valence-electron chi connectivity index (χ4n) is 1.79. The van der Waals surface area contributed by atoms with Crippen molar-refractivity contribution in [3.63, 3.8) is 0 Å². The molecule has 1 heterocycles. The second-order valence-electron chi connectivity index (χ2n) is 4.51. The van der Waals surface area contributed by atoms with Crippen LogP contribution in [0.5, 0.6) is 0 Å². The molecule has 0 bridgehead atoms. The van der Waals surface area contributed by atoms with Crippen LogP contribution in [0, 0.1) is 12.7 Å². The Hall–Kier alpha value is -1.91. The molecule has 0 radical (unpaired) electrons. The lowest BCUT2D eigenvalue weighted by Gasteiger charge is -2.03. The predicted octanol–water partition coefficient (Wildman–Crippen LogP) is 2.38. The molecule has 0 unspecified atom stereocenters. The maximum atomic E-state index is 13.8. The van der Waals surface area contributed by atoms with Crippen molar-refractivity contribution < 1.29 is 4.39 Å². The zero-order valence-electron chi connectivity index (χ0n) is 9.50. The van der Waals surface area contributed by atoms with Gasteiger partial charge in [0.2, 0.25) is 0 Å². The number of nitrogen functional groups attached to an aromatic ring is 1. The Bertz CT molecular complexity index is 572. The molecule has 0 amide bonds. The zero-order chi connectivity index (χ0) is 12.0. The van der Waals surface area contributed by atoms with E-state index in [0.29, 0.717) is 23.0 Å². The third-order valence-electron chi connectivity index (χ3n) is 3.06. The van der Waals surface area contributed by atoms with Crippen molar-refractivity contribution in [3.05, 3.63) is 29.3 Å². The number of aryl methyl sites for hydroxylation is 1. The first-order valence-electron chi connectivity index (χ1n) is 5.63. The SMILES string of the molecule is Cc1cc(F)c(-c2n[nH]c(C3CC3)n2)cc1N. The van der Waals surface area contributed by atoms with Crippen LogP contribution >= 0.6 is 0 Å². The minimum Gasteiger partial charge on any atom is -0.398 e. The van der Waals surface area contributed by atoms with E-state index in [9.17, 15) is 4.39 Å². The summed E-state index contributed by atoms with van der Waals surface area (Å²) >= 11 is 0. The van der Waals surface area contributed by atoms with Gasteiger partial charge in [-0.3, -0.25) is 5.10 Å². The highest BCUT2D eigenvalue weighted by Crippen LogP contribution is 2.38. The fourth-order valence-corrected chi connectivity index (χ4v) is 1.79. The molecule has 17 heavy (non-hydrogen) atoms. The van der Waals surface area contributed by atoms with Gasteiger partial charge in [-0.25, -0.2) is 9.37 Å². The molecule has 1 aliphatic rings. The lowest BCUT2D eigenvalue weighted by Crippen LogP contribution is -1.95. The highest BCUT2D eigenvalue weighted by molar-refractivity contribution is 5.64. The Morgan fingerprint density at radius 2 is 2.18 bits per heavy atom. The third kappa shape index (κ3) is 1.77. The first kappa shape index (κ1) is 10.3. The number of hydrogen-bond donors (Lipinski definition) is 2. The second-order valence-corrected chi connectivity index (χ2v) is 4.51. The molecule has 2 aromatic rings. The largest absolute Gasteiger partial charge is 0.398 e. The molecule has 5 heteroatoms. The van der Waals surface area contributed by atoms with Crippen molar-refractivity contribution in [1.29, 1.82) is 0 Å². The van der Waals surface area contributed by atoms with Gasteiger partial charge in [-0.15, -0.1) is 0 Å². The van der Waals surface area contributed by atoms with Gasteiger partial charge < -0.3 is 5.73 Å². The molecule has 4 nitrogen and oxygen atoms in total. The molecule has 3 N–H and O–H groups in total. The van der Waals surface area contributed by atoms with Gasteiger partial charge in [-0.2, -0.15) is 5.10 Å². The summed E-state index contributed by atoms with van der Waals surface area (Å²) in [6.45, 7) is 1.77. The monoisotopic (exact) mass is 232 g/mol. The standard InChI is InChI=1S/C12H13FN4/c1-6-4-9(13)8(5-10(6)14)12-15-11(16-17-12)7-2-3-7/h4-5,7H,2-3,14H2,1H3,(H,15,16,17). The lowest BCUT2D eigenvalue weighted by atomic mass is 10.1. The summed E-state index contributed by atoms with van der Waals surface area (Å²) in [5.41, 5.74) is 7.41. The number of nitrogens with two attached hydrogens (primary N) is 1. The van der Waals surface area contributed by atoms with E-state index in [2.05, 4.69) is 15.2 Å². The van der Waals surface area contributed by atoms with E-state index >= 15 is 0 Å². The molecule has 1 aliphatic carbocycles. The van der Waals surface area contributed by atoms with Crippen LogP contribution in [0.2, 0.25) is 0 Å². The maximum absolute atomic E-state index is 13.8. The maximum Gasteiger partial charge on any atom is 0.184 e. The van der Waals surface area contributed by atoms with Crippen LogP contribution in [0.15, 0.2) is 12.1 Å². The molecular formula is C12H13FN4. The van der Waals surface area contributed by atoms with Crippen LogP contribution in [0.4, 0.5) is 10.1 Å². The topological polar surface area (TPSA) is 67.6 Å². The molecule has 0 spiro atoms. The normalized spacial score (nSPS) is 15.2. The van der Waals surface area contributed by atoms with Crippen molar-refractivity contribution in [2.45, 2.75) is 25.7 Å². The minimum atomic E-state index is -0.335. The van der Waals surface area contributed by atoms with Crippen LogP contribution in [0.3, 0.4) is 0 Å². The van der Waals surface area contributed by atoms with Gasteiger partial charge in [-0.05, 0) is 37.5 Å². The van der Waals surface area contributed by atoms with Gasteiger partial charge in [0.05, 0.1) is 5.56 Å². The molecule has 1 fully saturated rings. The number of nitrogens with one attached hydrogen (secondary N) is 1. The lowest BCUT2D eigenvalue weighted by molar-refractivity contribution is 0.629. The summed E-state index contributed by atoms with van der Waals surface area (Å²) in [4.78, 5) is 4.31.